The van der Waals surface area contributed by atoms with Crippen LogP contribution >= 0.6 is 0 Å². The summed E-state index contributed by atoms with van der Waals surface area (Å²) in [4.78, 5) is 10.1. The molecule has 0 amide bonds. The molecule has 0 radical (unpaired) electrons. The average molecular weight is 554 g/mol. The second kappa shape index (κ2) is 10.6. The summed E-state index contributed by atoms with van der Waals surface area (Å²) in [5, 5.41) is 5.67. The molecule has 8 rings (SSSR count). The Morgan fingerprint density at radius 3 is 1.95 bits per heavy atom. The Hall–Kier alpha value is -5.74. The molecular formula is C39H27N3O. The molecule has 43 heavy (non-hydrogen) atoms. The van der Waals surface area contributed by atoms with Gasteiger partial charge in [-0.15, -0.1) is 0 Å². The molecule has 0 saturated carbocycles. The molecule has 1 N–H and O–H groups in total. The fourth-order valence-electron chi connectivity index (χ4n) is 5.88. The molecule has 4 heteroatoms. The molecule has 6 aromatic carbocycles. The first-order valence-corrected chi connectivity index (χ1v) is 14.5. The zero-order valence-electron chi connectivity index (χ0n) is 23.3. The van der Waals surface area contributed by atoms with Crippen molar-refractivity contribution in [2.45, 2.75) is 6.17 Å². The number of aliphatic imine (C=N–C) groups is 2. The molecular weight excluding hydrogens is 526 g/mol. The van der Waals surface area contributed by atoms with Gasteiger partial charge >= 0.3 is 0 Å². The van der Waals surface area contributed by atoms with Crippen LogP contribution in [0.3, 0.4) is 0 Å². The van der Waals surface area contributed by atoms with Crippen molar-refractivity contribution in [2.75, 3.05) is 0 Å². The van der Waals surface area contributed by atoms with Crippen molar-refractivity contribution in [1.82, 2.24) is 5.32 Å². The SMILES string of the molecule is c1ccc(C2=NC(c3cccc4c3oc3cccc(-c5cccc(-c6ccccc6)c5)c34)=NC(c3ccccc3)N2)cc1. The van der Waals surface area contributed by atoms with Crippen LogP contribution in [0.1, 0.15) is 22.9 Å². The number of furan rings is 1. The molecule has 4 nitrogen and oxygen atoms in total. The van der Waals surface area contributed by atoms with Crippen LogP contribution in [0.25, 0.3) is 44.2 Å². The Bertz CT molecular complexity index is 2150. The molecule has 204 valence electrons. The van der Waals surface area contributed by atoms with Crippen molar-refractivity contribution in [2.24, 2.45) is 9.98 Å². The van der Waals surface area contributed by atoms with Crippen molar-refractivity contribution in [3.63, 3.8) is 0 Å². The molecule has 0 fully saturated rings. The van der Waals surface area contributed by atoms with Crippen LogP contribution < -0.4 is 5.32 Å². The molecule has 1 atom stereocenters. The largest absolute Gasteiger partial charge is 0.455 e. The third-order valence-electron chi connectivity index (χ3n) is 7.95. The van der Waals surface area contributed by atoms with Gasteiger partial charge in [-0.2, -0.15) is 0 Å². The van der Waals surface area contributed by atoms with Gasteiger partial charge in [-0.3, -0.25) is 0 Å². The minimum absolute atomic E-state index is 0.278. The van der Waals surface area contributed by atoms with E-state index >= 15 is 0 Å². The fourth-order valence-corrected chi connectivity index (χ4v) is 5.88. The minimum atomic E-state index is -0.278. The molecule has 1 unspecified atom stereocenters. The fraction of sp³-hybridized carbons (Fsp3) is 0.0256. The second-order valence-corrected chi connectivity index (χ2v) is 10.6. The lowest BCUT2D eigenvalue weighted by Gasteiger charge is -2.23. The standard InChI is InChI=1S/C39H27N3O/c1-4-13-26(14-5-1)29-19-10-20-30(25-29)31-21-12-24-34-35(31)32-22-11-23-33(36(32)43-34)39-41-37(27-15-6-2-7-16-27)40-38(42-39)28-17-8-3-9-18-28/h1-25,37H,(H,40,41,42). The molecule has 1 aliphatic rings. The normalized spacial score (nSPS) is 14.7. The Morgan fingerprint density at radius 1 is 0.535 bits per heavy atom. The predicted octanol–water partition coefficient (Wildman–Crippen LogP) is 9.42. The second-order valence-electron chi connectivity index (χ2n) is 10.6. The minimum Gasteiger partial charge on any atom is -0.455 e. The van der Waals surface area contributed by atoms with Gasteiger partial charge in [-0.25, -0.2) is 9.98 Å². The van der Waals surface area contributed by atoms with Crippen molar-refractivity contribution >= 4 is 33.6 Å². The summed E-state index contributed by atoms with van der Waals surface area (Å²) in [5.74, 6) is 1.43. The van der Waals surface area contributed by atoms with Gasteiger partial charge in [0.05, 0.1) is 5.56 Å². The Kier molecular flexibility index (Phi) is 6.16. The lowest BCUT2D eigenvalue weighted by Crippen LogP contribution is -2.33. The molecule has 0 aliphatic carbocycles. The smallest absolute Gasteiger partial charge is 0.163 e. The first-order valence-electron chi connectivity index (χ1n) is 14.5. The third kappa shape index (κ3) is 4.59. The maximum Gasteiger partial charge on any atom is 0.163 e. The van der Waals surface area contributed by atoms with Crippen LogP contribution in [0, 0.1) is 0 Å². The summed E-state index contributed by atoms with van der Waals surface area (Å²) in [6.07, 6.45) is -0.278. The monoisotopic (exact) mass is 553 g/mol. The van der Waals surface area contributed by atoms with Gasteiger partial charge in [0, 0.05) is 16.3 Å². The zero-order valence-corrected chi connectivity index (χ0v) is 23.3. The van der Waals surface area contributed by atoms with E-state index in [0.717, 1.165) is 55.6 Å². The summed E-state index contributed by atoms with van der Waals surface area (Å²) in [6, 6.07) is 52.2. The number of amidine groups is 2. The first kappa shape index (κ1) is 25.0. The Balaban J connectivity index is 1.30. The van der Waals surface area contributed by atoms with E-state index in [2.05, 4.69) is 108 Å². The van der Waals surface area contributed by atoms with Crippen LogP contribution in [-0.4, -0.2) is 11.7 Å². The molecule has 1 aromatic heterocycles. The van der Waals surface area contributed by atoms with Crippen LogP contribution in [0.15, 0.2) is 166 Å². The lowest BCUT2D eigenvalue weighted by atomic mass is 9.95. The summed E-state index contributed by atoms with van der Waals surface area (Å²) >= 11 is 0. The number of nitrogens with zero attached hydrogens (tertiary/aromatic N) is 2. The molecule has 0 bridgehead atoms. The van der Waals surface area contributed by atoms with E-state index in [4.69, 9.17) is 14.4 Å². The van der Waals surface area contributed by atoms with Gasteiger partial charge in [0.2, 0.25) is 0 Å². The molecule has 7 aromatic rings. The molecule has 0 saturated heterocycles. The van der Waals surface area contributed by atoms with Crippen molar-refractivity contribution in [1.29, 1.82) is 0 Å². The number of hydrogen-bond acceptors (Lipinski definition) is 4. The third-order valence-corrected chi connectivity index (χ3v) is 7.95. The topological polar surface area (TPSA) is 49.9 Å². The van der Waals surface area contributed by atoms with Crippen molar-refractivity contribution in [3.05, 3.63) is 168 Å². The first-order chi connectivity index (χ1) is 21.3. The highest BCUT2D eigenvalue weighted by atomic mass is 16.3. The van der Waals surface area contributed by atoms with Crippen LogP contribution in [0.5, 0.6) is 0 Å². The van der Waals surface area contributed by atoms with Crippen LogP contribution in [0.2, 0.25) is 0 Å². The van der Waals surface area contributed by atoms with Gasteiger partial charge in [-0.05, 0) is 46.0 Å². The number of hydrogen-bond donors (Lipinski definition) is 1. The number of rotatable bonds is 5. The van der Waals surface area contributed by atoms with Crippen LogP contribution in [-0.2, 0) is 0 Å². The van der Waals surface area contributed by atoms with E-state index in [1.807, 2.05) is 48.5 Å². The Labute approximate surface area is 249 Å². The molecule has 1 aliphatic heterocycles. The van der Waals surface area contributed by atoms with Gasteiger partial charge in [0.25, 0.3) is 0 Å². The Morgan fingerprint density at radius 2 is 1.16 bits per heavy atom. The summed E-state index contributed by atoms with van der Waals surface area (Å²) in [7, 11) is 0. The van der Waals surface area contributed by atoms with Crippen molar-refractivity contribution in [3.8, 4) is 22.3 Å². The van der Waals surface area contributed by atoms with Gasteiger partial charge < -0.3 is 9.73 Å². The van der Waals surface area contributed by atoms with Gasteiger partial charge in [0.1, 0.15) is 23.2 Å². The lowest BCUT2D eigenvalue weighted by molar-refractivity contribution is 0.663. The van der Waals surface area contributed by atoms with E-state index in [9.17, 15) is 0 Å². The number of benzene rings is 6. The number of para-hydroxylation sites is 1. The zero-order chi connectivity index (χ0) is 28.6. The maximum atomic E-state index is 6.63. The van der Waals surface area contributed by atoms with E-state index in [1.165, 1.54) is 11.1 Å². The average Bonchev–Trinajstić information content (AvgIpc) is 3.49. The van der Waals surface area contributed by atoms with E-state index in [-0.39, 0.29) is 6.17 Å². The van der Waals surface area contributed by atoms with E-state index in [1.54, 1.807) is 0 Å². The quantitative estimate of drug-likeness (QED) is 0.231. The molecule has 0 spiro atoms. The van der Waals surface area contributed by atoms with E-state index in [0.29, 0.717) is 5.84 Å². The number of nitrogens with one attached hydrogen (secondary N) is 1. The summed E-state index contributed by atoms with van der Waals surface area (Å²) in [5.41, 5.74) is 9.23. The predicted molar refractivity (Wildman–Crippen MR) is 176 cm³/mol. The highest BCUT2D eigenvalue weighted by molar-refractivity contribution is 6.21. The summed E-state index contributed by atoms with van der Waals surface area (Å²) in [6.45, 7) is 0. The van der Waals surface area contributed by atoms with E-state index < -0.39 is 0 Å². The number of fused-ring (bicyclic) bond motifs is 3. The molecule has 2 heterocycles. The van der Waals surface area contributed by atoms with Crippen LogP contribution in [0.4, 0.5) is 0 Å². The van der Waals surface area contributed by atoms with Gasteiger partial charge in [-0.1, -0.05) is 133 Å². The highest BCUT2D eigenvalue weighted by Crippen LogP contribution is 2.39. The maximum absolute atomic E-state index is 6.63. The van der Waals surface area contributed by atoms with Gasteiger partial charge in [0.15, 0.2) is 5.84 Å². The van der Waals surface area contributed by atoms with Crippen molar-refractivity contribution < 1.29 is 4.42 Å². The summed E-state index contributed by atoms with van der Waals surface area (Å²) < 4.78 is 6.63. The highest BCUT2D eigenvalue weighted by Gasteiger charge is 2.24.